The predicted molar refractivity (Wildman–Crippen MR) is 106 cm³/mol. The number of likely N-dealkylation sites (tertiary alicyclic amines) is 1. The van der Waals surface area contributed by atoms with Crippen molar-refractivity contribution >= 4 is 39.1 Å². The Bertz CT molecular complexity index is 820. The summed E-state index contributed by atoms with van der Waals surface area (Å²) in [6, 6.07) is 4.07. The van der Waals surface area contributed by atoms with E-state index in [4.69, 9.17) is 17.3 Å². The van der Waals surface area contributed by atoms with E-state index in [1.54, 1.807) is 30.0 Å². The maximum absolute atomic E-state index is 13.1. The second-order valence-electron chi connectivity index (χ2n) is 6.92. The number of aryl methyl sites for hydroxylation is 1. The molecule has 1 saturated heterocycles. The minimum absolute atomic E-state index is 0.240. The number of nitrogens with zero attached hydrogens (tertiary/aromatic N) is 2. The van der Waals surface area contributed by atoms with E-state index >= 15 is 0 Å². The summed E-state index contributed by atoms with van der Waals surface area (Å²) in [5, 5.41) is 0.436. The monoisotopic (exact) mass is 415 g/mol. The van der Waals surface area contributed by atoms with Crippen LogP contribution in [0.4, 0.5) is 5.69 Å². The van der Waals surface area contributed by atoms with Gasteiger partial charge in [-0.2, -0.15) is 0 Å². The van der Waals surface area contributed by atoms with E-state index in [0.717, 1.165) is 16.1 Å². The zero-order valence-electron chi connectivity index (χ0n) is 15.8. The second kappa shape index (κ2) is 8.48. The summed E-state index contributed by atoms with van der Waals surface area (Å²) in [6.07, 6.45) is 2.38. The Morgan fingerprint density at radius 1 is 1.33 bits per heavy atom. The van der Waals surface area contributed by atoms with Crippen molar-refractivity contribution in [3.05, 3.63) is 28.8 Å². The topological polar surface area (TPSA) is 101 Å². The molecule has 2 amide bonds. The van der Waals surface area contributed by atoms with E-state index in [-0.39, 0.29) is 17.7 Å². The van der Waals surface area contributed by atoms with Crippen LogP contribution in [0, 0.1) is 12.8 Å². The highest BCUT2D eigenvalue weighted by atomic mass is 35.5. The van der Waals surface area contributed by atoms with Gasteiger partial charge >= 0.3 is 0 Å². The normalized spacial score (nSPS) is 16.8. The largest absolute Gasteiger partial charge is 0.369 e. The number of hydrogen-bond acceptors (Lipinski definition) is 4. The van der Waals surface area contributed by atoms with Gasteiger partial charge in [0, 0.05) is 24.0 Å². The molecule has 0 aromatic heterocycles. The lowest BCUT2D eigenvalue weighted by molar-refractivity contribution is -0.135. The summed E-state index contributed by atoms with van der Waals surface area (Å²) >= 11 is 6.17. The van der Waals surface area contributed by atoms with Crippen molar-refractivity contribution in [3.8, 4) is 0 Å². The Hall–Kier alpha value is -1.80. The second-order valence-corrected chi connectivity index (χ2v) is 9.18. The van der Waals surface area contributed by atoms with Crippen LogP contribution in [0.15, 0.2) is 18.2 Å². The third kappa shape index (κ3) is 4.93. The van der Waals surface area contributed by atoms with Gasteiger partial charge in [0.2, 0.25) is 21.8 Å². The minimum atomic E-state index is -3.71. The molecule has 1 atom stereocenters. The van der Waals surface area contributed by atoms with Gasteiger partial charge in [0.15, 0.2) is 0 Å². The first-order valence-electron chi connectivity index (χ1n) is 8.90. The molecule has 1 fully saturated rings. The number of carbonyl (C=O) groups excluding carboxylic acids is 2. The number of primary amides is 1. The molecule has 1 aromatic carbocycles. The molecule has 9 heteroatoms. The van der Waals surface area contributed by atoms with E-state index in [9.17, 15) is 18.0 Å². The van der Waals surface area contributed by atoms with Crippen molar-refractivity contribution in [2.45, 2.75) is 39.2 Å². The molecule has 0 spiro atoms. The third-order valence-corrected chi connectivity index (χ3v) is 6.52. The molecule has 0 aliphatic carbocycles. The highest BCUT2D eigenvalue weighted by Crippen LogP contribution is 2.29. The number of benzene rings is 1. The zero-order valence-corrected chi connectivity index (χ0v) is 17.4. The number of halogens is 1. The number of hydrogen-bond donors (Lipinski definition) is 1. The summed E-state index contributed by atoms with van der Waals surface area (Å²) in [5.41, 5.74) is 6.52. The molecule has 1 heterocycles. The number of rotatable bonds is 6. The van der Waals surface area contributed by atoms with Crippen molar-refractivity contribution < 1.29 is 18.0 Å². The fourth-order valence-corrected chi connectivity index (χ4v) is 4.73. The number of amides is 2. The van der Waals surface area contributed by atoms with E-state index < -0.39 is 16.1 Å². The lowest BCUT2D eigenvalue weighted by atomic mass is 9.95. The standard InChI is InChI=1S/C18H26ClN3O4S/c1-4-16(18(24)21-9-7-13(8-10-21)17(20)23)22(27(3,25)26)14-6-5-12(2)15(19)11-14/h5-6,11,13,16H,4,7-10H2,1-3H3,(H2,20,23). The van der Waals surface area contributed by atoms with E-state index in [1.807, 2.05) is 6.92 Å². The van der Waals surface area contributed by atoms with Crippen molar-refractivity contribution in [2.75, 3.05) is 23.7 Å². The first-order valence-corrected chi connectivity index (χ1v) is 11.1. The average molecular weight is 416 g/mol. The molecule has 1 aliphatic rings. The van der Waals surface area contributed by atoms with Crippen LogP contribution in [0.2, 0.25) is 5.02 Å². The van der Waals surface area contributed by atoms with Crippen LogP contribution < -0.4 is 10.0 Å². The van der Waals surface area contributed by atoms with Crippen LogP contribution in [-0.2, 0) is 19.6 Å². The van der Waals surface area contributed by atoms with E-state index in [0.29, 0.717) is 43.1 Å². The van der Waals surface area contributed by atoms with Gasteiger partial charge in [-0.05, 0) is 43.9 Å². The van der Waals surface area contributed by atoms with Gasteiger partial charge in [-0.15, -0.1) is 0 Å². The van der Waals surface area contributed by atoms with E-state index in [2.05, 4.69) is 0 Å². The number of anilines is 1. The molecule has 0 saturated carbocycles. The minimum Gasteiger partial charge on any atom is -0.369 e. The number of sulfonamides is 1. The Balaban J connectivity index is 2.31. The molecule has 7 nitrogen and oxygen atoms in total. The predicted octanol–water partition coefficient (Wildman–Crippen LogP) is 1.92. The highest BCUT2D eigenvalue weighted by molar-refractivity contribution is 7.92. The quantitative estimate of drug-likeness (QED) is 0.766. The molecule has 1 aliphatic heterocycles. The smallest absolute Gasteiger partial charge is 0.246 e. The summed E-state index contributed by atoms with van der Waals surface area (Å²) in [6.45, 7) is 4.36. The fraction of sp³-hybridized carbons (Fsp3) is 0.556. The Morgan fingerprint density at radius 2 is 1.93 bits per heavy atom. The number of carbonyl (C=O) groups is 2. The van der Waals surface area contributed by atoms with Crippen LogP contribution in [-0.4, -0.2) is 50.5 Å². The highest BCUT2D eigenvalue weighted by Gasteiger charge is 2.36. The Morgan fingerprint density at radius 3 is 2.37 bits per heavy atom. The molecule has 27 heavy (non-hydrogen) atoms. The van der Waals surface area contributed by atoms with Crippen molar-refractivity contribution in [1.82, 2.24) is 4.90 Å². The lowest BCUT2D eigenvalue weighted by Gasteiger charge is -2.37. The first kappa shape index (κ1) is 21.5. The first-order chi connectivity index (χ1) is 12.6. The summed E-state index contributed by atoms with van der Waals surface area (Å²) in [7, 11) is -3.71. The van der Waals surface area contributed by atoms with Crippen LogP contribution in [0.25, 0.3) is 0 Å². The van der Waals surface area contributed by atoms with E-state index in [1.165, 1.54) is 0 Å². The van der Waals surface area contributed by atoms with Gasteiger partial charge in [0.1, 0.15) is 6.04 Å². The van der Waals surface area contributed by atoms with Gasteiger partial charge in [-0.1, -0.05) is 24.6 Å². The van der Waals surface area contributed by atoms with Crippen molar-refractivity contribution in [3.63, 3.8) is 0 Å². The van der Waals surface area contributed by atoms with Gasteiger partial charge in [0.05, 0.1) is 11.9 Å². The molecule has 1 unspecified atom stereocenters. The van der Waals surface area contributed by atoms with Crippen LogP contribution >= 0.6 is 11.6 Å². The Kier molecular flexibility index (Phi) is 6.75. The maximum Gasteiger partial charge on any atom is 0.246 e. The summed E-state index contributed by atoms with van der Waals surface area (Å²) < 4.78 is 26.2. The number of nitrogens with two attached hydrogens (primary N) is 1. The van der Waals surface area contributed by atoms with Gasteiger partial charge in [-0.25, -0.2) is 8.42 Å². The van der Waals surface area contributed by atoms with Crippen LogP contribution in [0.3, 0.4) is 0 Å². The van der Waals surface area contributed by atoms with Crippen molar-refractivity contribution in [1.29, 1.82) is 0 Å². The third-order valence-electron chi connectivity index (χ3n) is 4.93. The fourth-order valence-electron chi connectivity index (χ4n) is 3.36. The molecule has 0 radical (unpaired) electrons. The number of piperidine rings is 1. The SMILES string of the molecule is CCC(C(=O)N1CCC(C(N)=O)CC1)N(c1ccc(C)c(Cl)c1)S(C)(=O)=O. The lowest BCUT2D eigenvalue weighted by Crippen LogP contribution is -2.53. The molecule has 2 rings (SSSR count). The average Bonchev–Trinajstić information content (AvgIpc) is 2.60. The van der Waals surface area contributed by atoms with Crippen molar-refractivity contribution in [2.24, 2.45) is 11.7 Å². The summed E-state index contributed by atoms with van der Waals surface area (Å²) in [5.74, 6) is -0.875. The molecular weight excluding hydrogens is 390 g/mol. The molecule has 150 valence electrons. The summed E-state index contributed by atoms with van der Waals surface area (Å²) in [4.78, 5) is 26.0. The van der Waals surface area contributed by atoms with Crippen LogP contribution in [0.1, 0.15) is 31.7 Å². The molecular formula is C18H26ClN3O4S. The van der Waals surface area contributed by atoms with Gasteiger partial charge < -0.3 is 10.6 Å². The van der Waals surface area contributed by atoms with Crippen LogP contribution in [0.5, 0.6) is 0 Å². The maximum atomic E-state index is 13.1. The Labute approximate surface area is 165 Å². The van der Waals surface area contributed by atoms with Gasteiger partial charge in [0.25, 0.3) is 0 Å². The van der Waals surface area contributed by atoms with Gasteiger partial charge in [-0.3, -0.25) is 13.9 Å². The molecule has 0 bridgehead atoms. The zero-order chi connectivity index (χ0) is 20.4. The molecule has 2 N–H and O–H groups in total. The molecule has 1 aromatic rings.